The van der Waals surface area contributed by atoms with Gasteiger partial charge < -0.3 is 14.4 Å². The maximum atomic E-state index is 12.1. The lowest BCUT2D eigenvalue weighted by Gasteiger charge is -2.02. The molecule has 6 nitrogen and oxygen atoms in total. The van der Waals surface area contributed by atoms with Crippen molar-refractivity contribution in [2.75, 3.05) is 5.32 Å². The van der Waals surface area contributed by atoms with Gasteiger partial charge in [0.25, 0.3) is 11.5 Å². The summed E-state index contributed by atoms with van der Waals surface area (Å²) in [7, 11) is 1.62. The molecule has 1 N–H and O–H groups in total. The van der Waals surface area contributed by atoms with Gasteiger partial charge >= 0.3 is 0 Å². The molecule has 1 aromatic carbocycles. The zero-order chi connectivity index (χ0) is 15.5. The number of amides is 1. The summed E-state index contributed by atoms with van der Waals surface area (Å²) >= 11 is 0. The van der Waals surface area contributed by atoms with E-state index in [0.717, 1.165) is 5.56 Å². The number of nitrogens with zero attached hydrogens (tertiary/aromatic N) is 2. The van der Waals surface area contributed by atoms with Crippen LogP contribution in [0, 0.1) is 0 Å². The molecule has 0 aliphatic heterocycles. The molecule has 2 aromatic heterocycles. The largest absolute Gasteiger partial charge is 0.354 e. The Bertz CT molecular complexity index is 866. The summed E-state index contributed by atoms with van der Waals surface area (Å²) in [6.07, 6.45) is 1.54. The number of aromatic nitrogens is 2. The number of benzene rings is 1. The second-order valence-corrected chi connectivity index (χ2v) is 4.76. The molecule has 0 radical (unpaired) electrons. The molecule has 2 heterocycles. The first kappa shape index (κ1) is 13.8. The standard InChI is InChI=1S/C16H13N3O3/c1-19-8-7-12(9-15(19)20)16(21)17-14-10-13(22-18-14)11-5-3-2-4-6-11/h2-10H,1H3,(H,17,18,21). The van der Waals surface area contributed by atoms with E-state index in [4.69, 9.17) is 4.52 Å². The van der Waals surface area contributed by atoms with Crippen molar-refractivity contribution < 1.29 is 9.32 Å². The van der Waals surface area contributed by atoms with Gasteiger partial charge in [0, 0.05) is 36.5 Å². The van der Waals surface area contributed by atoms with Gasteiger partial charge in [0.1, 0.15) is 0 Å². The van der Waals surface area contributed by atoms with Gasteiger partial charge in [0.05, 0.1) is 0 Å². The Labute approximate surface area is 126 Å². The first-order valence-electron chi connectivity index (χ1n) is 6.63. The Balaban J connectivity index is 1.79. The number of hydrogen-bond donors (Lipinski definition) is 1. The summed E-state index contributed by atoms with van der Waals surface area (Å²) in [4.78, 5) is 23.6. The van der Waals surface area contributed by atoms with E-state index in [-0.39, 0.29) is 11.1 Å². The van der Waals surface area contributed by atoms with Gasteiger partial charge in [0.15, 0.2) is 11.6 Å². The van der Waals surface area contributed by atoms with Gasteiger partial charge in [-0.15, -0.1) is 0 Å². The van der Waals surface area contributed by atoms with Crippen LogP contribution in [-0.4, -0.2) is 15.6 Å². The van der Waals surface area contributed by atoms with Crippen LogP contribution in [0.25, 0.3) is 11.3 Å². The molecule has 3 rings (SSSR count). The monoisotopic (exact) mass is 295 g/mol. The molecule has 0 saturated carbocycles. The molecule has 0 spiro atoms. The Kier molecular flexibility index (Phi) is 3.57. The highest BCUT2D eigenvalue weighted by Gasteiger charge is 2.11. The van der Waals surface area contributed by atoms with E-state index in [1.165, 1.54) is 16.8 Å². The lowest BCUT2D eigenvalue weighted by molar-refractivity contribution is 0.102. The Morgan fingerprint density at radius 1 is 1.18 bits per heavy atom. The summed E-state index contributed by atoms with van der Waals surface area (Å²) < 4.78 is 6.59. The van der Waals surface area contributed by atoms with Gasteiger partial charge in [-0.05, 0) is 6.07 Å². The summed E-state index contributed by atoms with van der Waals surface area (Å²) in [6, 6.07) is 13.9. The minimum Gasteiger partial charge on any atom is -0.354 e. The highest BCUT2D eigenvalue weighted by atomic mass is 16.5. The average Bonchev–Trinajstić information content (AvgIpc) is 2.99. The summed E-state index contributed by atoms with van der Waals surface area (Å²) in [5.41, 5.74) is 0.884. The molecule has 0 atom stereocenters. The van der Waals surface area contributed by atoms with Gasteiger partial charge in [-0.25, -0.2) is 0 Å². The average molecular weight is 295 g/mol. The van der Waals surface area contributed by atoms with E-state index in [1.807, 2.05) is 30.3 Å². The van der Waals surface area contributed by atoms with Crippen molar-refractivity contribution in [1.82, 2.24) is 9.72 Å². The Hall–Kier alpha value is -3.15. The van der Waals surface area contributed by atoms with Crippen LogP contribution in [-0.2, 0) is 7.05 Å². The topological polar surface area (TPSA) is 77.1 Å². The van der Waals surface area contributed by atoms with E-state index in [0.29, 0.717) is 11.6 Å². The predicted octanol–water partition coefficient (Wildman–Crippen LogP) is 2.29. The molecule has 0 bridgehead atoms. The third-order valence-electron chi connectivity index (χ3n) is 3.18. The lowest BCUT2D eigenvalue weighted by atomic mass is 10.2. The number of aryl methyl sites for hydroxylation is 1. The summed E-state index contributed by atoms with van der Waals surface area (Å²) in [5, 5.41) is 6.41. The quantitative estimate of drug-likeness (QED) is 0.804. The fourth-order valence-electron chi connectivity index (χ4n) is 1.95. The van der Waals surface area contributed by atoms with Crippen LogP contribution in [0.5, 0.6) is 0 Å². The summed E-state index contributed by atoms with van der Waals surface area (Å²) in [5.74, 6) is 0.440. The van der Waals surface area contributed by atoms with Crippen molar-refractivity contribution in [3.63, 3.8) is 0 Å². The maximum Gasteiger partial charge on any atom is 0.257 e. The van der Waals surface area contributed by atoms with E-state index >= 15 is 0 Å². The predicted molar refractivity (Wildman–Crippen MR) is 81.6 cm³/mol. The van der Waals surface area contributed by atoms with Crippen molar-refractivity contribution in [1.29, 1.82) is 0 Å². The number of pyridine rings is 1. The van der Waals surface area contributed by atoms with Crippen LogP contribution in [0.2, 0.25) is 0 Å². The third-order valence-corrected chi connectivity index (χ3v) is 3.18. The van der Waals surface area contributed by atoms with Crippen LogP contribution >= 0.6 is 0 Å². The van der Waals surface area contributed by atoms with Crippen molar-refractivity contribution in [2.24, 2.45) is 7.05 Å². The van der Waals surface area contributed by atoms with Crippen molar-refractivity contribution >= 4 is 11.7 Å². The zero-order valence-corrected chi connectivity index (χ0v) is 11.8. The van der Waals surface area contributed by atoms with Crippen molar-refractivity contribution in [3.8, 4) is 11.3 Å². The fraction of sp³-hybridized carbons (Fsp3) is 0.0625. The van der Waals surface area contributed by atoms with Gasteiger partial charge in [0.2, 0.25) is 0 Å². The van der Waals surface area contributed by atoms with Gasteiger partial charge in [-0.2, -0.15) is 0 Å². The molecule has 22 heavy (non-hydrogen) atoms. The van der Waals surface area contributed by atoms with Crippen molar-refractivity contribution in [2.45, 2.75) is 0 Å². The SMILES string of the molecule is Cn1ccc(C(=O)Nc2cc(-c3ccccc3)on2)cc1=O. The molecule has 0 unspecified atom stereocenters. The minimum atomic E-state index is -0.411. The molecule has 0 fully saturated rings. The molecule has 3 aromatic rings. The molecule has 0 aliphatic rings. The molecular formula is C16H13N3O3. The van der Waals surface area contributed by atoms with Crippen LogP contribution in [0.15, 0.2) is 64.0 Å². The Morgan fingerprint density at radius 2 is 1.95 bits per heavy atom. The highest BCUT2D eigenvalue weighted by molar-refractivity contribution is 6.03. The molecule has 1 amide bonds. The Morgan fingerprint density at radius 3 is 2.68 bits per heavy atom. The number of anilines is 1. The van der Waals surface area contributed by atoms with E-state index in [2.05, 4.69) is 10.5 Å². The second-order valence-electron chi connectivity index (χ2n) is 4.76. The number of hydrogen-bond acceptors (Lipinski definition) is 4. The second kappa shape index (κ2) is 5.69. The number of carbonyl (C=O) groups is 1. The van der Waals surface area contributed by atoms with Crippen LogP contribution in [0.1, 0.15) is 10.4 Å². The van der Waals surface area contributed by atoms with E-state index in [1.54, 1.807) is 19.2 Å². The number of rotatable bonds is 3. The number of carbonyl (C=O) groups excluding carboxylic acids is 1. The fourth-order valence-corrected chi connectivity index (χ4v) is 1.95. The molecule has 6 heteroatoms. The zero-order valence-electron chi connectivity index (χ0n) is 11.8. The molecule has 0 aliphatic carbocycles. The highest BCUT2D eigenvalue weighted by Crippen LogP contribution is 2.22. The molecular weight excluding hydrogens is 282 g/mol. The third kappa shape index (κ3) is 2.80. The smallest absolute Gasteiger partial charge is 0.257 e. The first-order valence-corrected chi connectivity index (χ1v) is 6.63. The normalized spacial score (nSPS) is 10.4. The van der Waals surface area contributed by atoms with Crippen molar-refractivity contribution in [3.05, 3.63) is 70.6 Å². The van der Waals surface area contributed by atoms with E-state index in [9.17, 15) is 9.59 Å². The molecule has 0 saturated heterocycles. The van der Waals surface area contributed by atoms with Crippen LogP contribution in [0.4, 0.5) is 5.82 Å². The molecule has 110 valence electrons. The first-order chi connectivity index (χ1) is 10.6. The van der Waals surface area contributed by atoms with Crippen LogP contribution < -0.4 is 10.9 Å². The van der Waals surface area contributed by atoms with Crippen LogP contribution in [0.3, 0.4) is 0 Å². The van der Waals surface area contributed by atoms with Gasteiger partial charge in [-0.3, -0.25) is 9.59 Å². The number of nitrogens with one attached hydrogen (secondary N) is 1. The maximum absolute atomic E-state index is 12.1. The summed E-state index contributed by atoms with van der Waals surface area (Å²) in [6.45, 7) is 0. The lowest BCUT2D eigenvalue weighted by Crippen LogP contribution is -2.20. The minimum absolute atomic E-state index is 0.252. The van der Waals surface area contributed by atoms with E-state index < -0.39 is 5.91 Å². The van der Waals surface area contributed by atoms with Gasteiger partial charge in [-0.1, -0.05) is 35.5 Å².